The molecule has 1 heterocycles. The lowest BCUT2D eigenvalue weighted by Crippen LogP contribution is -2.37. The van der Waals surface area contributed by atoms with Crippen molar-refractivity contribution in [3.8, 4) is 12.3 Å². The fraction of sp³-hybridized carbons (Fsp3) is 0.389. The fourth-order valence-corrected chi connectivity index (χ4v) is 5.25. The van der Waals surface area contributed by atoms with Crippen molar-refractivity contribution in [1.29, 1.82) is 0 Å². The van der Waals surface area contributed by atoms with Gasteiger partial charge in [-0.05, 0) is 43.0 Å². The highest BCUT2D eigenvalue weighted by Gasteiger charge is 2.62. The third-order valence-corrected chi connectivity index (χ3v) is 6.93. The van der Waals surface area contributed by atoms with Crippen LogP contribution < -0.4 is 0 Å². The van der Waals surface area contributed by atoms with Crippen molar-refractivity contribution in [1.82, 2.24) is 4.31 Å². The van der Waals surface area contributed by atoms with Crippen LogP contribution in [0.1, 0.15) is 24.8 Å². The van der Waals surface area contributed by atoms with Gasteiger partial charge in [-0.15, -0.1) is 6.42 Å². The van der Waals surface area contributed by atoms with Crippen LogP contribution in [0.25, 0.3) is 6.08 Å². The number of benzene rings is 1. The number of carboxylic acids is 1. The molecular weight excluding hydrogens is 345 g/mol. The van der Waals surface area contributed by atoms with Crippen molar-refractivity contribution in [2.45, 2.75) is 29.8 Å². The zero-order chi connectivity index (χ0) is 18.3. The van der Waals surface area contributed by atoms with Crippen LogP contribution in [0.5, 0.6) is 0 Å². The lowest BCUT2D eigenvalue weighted by atomic mass is 9.79. The molecule has 1 N–H and O–H groups in total. The molecule has 1 aromatic rings. The Balaban J connectivity index is 1.86. The Bertz CT molecular complexity index is 871. The zero-order valence-electron chi connectivity index (χ0n) is 13.5. The van der Waals surface area contributed by atoms with Gasteiger partial charge in [0.25, 0.3) is 0 Å². The molecule has 5 nitrogen and oxygen atoms in total. The number of rotatable bonds is 4. The average molecular weight is 363 g/mol. The minimum atomic E-state index is -3.86. The van der Waals surface area contributed by atoms with Gasteiger partial charge in [-0.1, -0.05) is 18.1 Å². The van der Waals surface area contributed by atoms with Crippen LogP contribution in [0.4, 0.5) is 4.39 Å². The maximum absolute atomic E-state index is 15.2. The first kappa shape index (κ1) is 17.6. The minimum Gasteiger partial charge on any atom is -0.478 e. The van der Waals surface area contributed by atoms with E-state index in [1.54, 1.807) is 0 Å². The minimum absolute atomic E-state index is 0.0109. The van der Waals surface area contributed by atoms with Crippen molar-refractivity contribution >= 4 is 22.1 Å². The lowest BCUT2D eigenvalue weighted by Gasteiger charge is -2.26. The van der Waals surface area contributed by atoms with Gasteiger partial charge in [0.2, 0.25) is 10.0 Å². The molecule has 2 fully saturated rings. The Morgan fingerprint density at radius 3 is 2.52 bits per heavy atom. The van der Waals surface area contributed by atoms with Crippen molar-refractivity contribution < 1.29 is 22.7 Å². The highest BCUT2D eigenvalue weighted by molar-refractivity contribution is 7.89. The molecule has 0 amide bonds. The van der Waals surface area contributed by atoms with Crippen LogP contribution in [0, 0.1) is 17.8 Å². The van der Waals surface area contributed by atoms with Crippen molar-refractivity contribution in [3.63, 3.8) is 0 Å². The lowest BCUT2D eigenvalue weighted by molar-refractivity contribution is -0.131. The number of halogens is 1. The smallest absolute Gasteiger partial charge is 0.328 e. The molecular formula is C18H18FNO4S. The first-order valence-electron chi connectivity index (χ1n) is 7.90. The SMILES string of the molecule is C#C[C@@]12CCC[C@]1(F)CN(S(=O)(=O)c1ccc(/C=C/C(=O)O)cc1)C2. The summed E-state index contributed by atoms with van der Waals surface area (Å²) in [4.78, 5) is 10.6. The molecule has 0 spiro atoms. The highest BCUT2D eigenvalue weighted by Crippen LogP contribution is 2.54. The monoisotopic (exact) mass is 363 g/mol. The number of terminal acetylenes is 1. The van der Waals surface area contributed by atoms with Crippen molar-refractivity contribution in [3.05, 3.63) is 35.9 Å². The summed E-state index contributed by atoms with van der Waals surface area (Å²) < 4.78 is 42.0. The third kappa shape index (κ3) is 2.86. The van der Waals surface area contributed by atoms with Crippen LogP contribution in [0.2, 0.25) is 0 Å². The normalized spacial score (nSPS) is 29.6. The molecule has 0 radical (unpaired) electrons. The van der Waals surface area contributed by atoms with E-state index in [9.17, 15) is 13.2 Å². The Morgan fingerprint density at radius 2 is 1.96 bits per heavy atom. The second-order valence-electron chi connectivity index (χ2n) is 6.56. The summed E-state index contributed by atoms with van der Waals surface area (Å²) in [5, 5.41) is 8.61. The van der Waals surface area contributed by atoms with E-state index in [1.165, 1.54) is 30.3 Å². The number of carbonyl (C=O) groups is 1. The second kappa shape index (κ2) is 5.97. The molecule has 0 bridgehead atoms. The predicted octanol–water partition coefficient (Wildman–Crippen LogP) is 2.30. The molecule has 7 heteroatoms. The van der Waals surface area contributed by atoms with Gasteiger partial charge in [0.1, 0.15) is 5.67 Å². The van der Waals surface area contributed by atoms with Gasteiger partial charge >= 0.3 is 5.97 Å². The maximum atomic E-state index is 15.2. The van der Waals surface area contributed by atoms with Gasteiger partial charge in [-0.2, -0.15) is 4.31 Å². The van der Waals surface area contributed by atoms with E-state index < -0.39 is 27.1 Å². The number of fused-ring (bicyclic) bond motifs is 1. The highest BCUT2D eigenvalue weighted by atomic mass is 32.2. The van der Waals surface area contributed by atoms with Gasteiger partial charge in [0.05, 0.1) is 10.3 Å². The van der Waals surface area contributed by atoms with E-state index >= 15 is 4.39 Å². The Hall–Kier alpha value is -2.17. The molecule has 25 heavy (non-hydrogen) atoms. The molecule has 1 saturated carbocycles. The topological polar surface area (TPSA) is 74.7 Å². The zero-order valence-corrected chi connectivity index (χ0v) is 14.3. The second-order valence-corrected chi connectivity index (χ2v) is 8.50. The number of nitrogens with zero attached hydrogens (tertiary/aromatic N) is 1. The maximum Gasteiger partial charge on any atom is 0.328 e. The number of carboxylic acid groups (broad SMARTS) is 1. The predicted molar refractivity (Wildman–Crippen MR) is 90.8 cm³/mol. The first-order valence-corrected chi connectivity index (χ1v) is 9.34. The molecule has 0 aromatic heterocycles. The molecule has 1 aliphatic heterocycles. The van der Waals surface area contributed by atoms with E-state index in [0.717, 1.165) is 10.4 Å². The van der Waals surface area contributed by atoms with Gasteiger partial charge < -0.3 is 5.11 Å². The summed E-state index contributed by atoms with van der Waals surface area (Å²) >= 11 is 0. The third-order valence-electron chi connectivity index (χ3n) is 5.12. The summed E-state index contributed by atoms with van der Waals surface area (Å²) in [6.07, 6.45) is 9.32. The molecule has 2 atom stereocenters. The molecule has 2 aliphatic rings. The first-order chi connectivity index (χ1) is 11.7. The summed E-state index contributed by atoms with van der Waals surface area (Å²) in [7, 11) is -3.86. The van der Waals surface area contributed by atoms with Gasteiger partial charge in [0, 0.05) is 19.2 Å². The Kier molecular flexibility index (Phi) is 4.21. The summed E-state index contributed by atoms with van der Waals surface area (Å²) in [6, 6.07) is 5.79. The van der Waals surface area contributed by atoms with E-state index in [0.29, 0.717) is 18.4 Å². The molecule has 132 valence electrons. The van der Waals surface area contributed by atoms with Crippen molar-refractivity contribution in [2.75, 3.05) is 13.1 Å². The quantitative estimate of drug-likeness (QED) is 0.658. The van der Waals surface area contributed by atoms with Gasteiger partial charge in [-0.25, -0.2) is 17.6 Å². The van der Waals surface area contributed by atoms with E-state index in [4.69, 9.17) is 11.5 Å². The van der Waals surface area contributed by atoms with Crippen LogP contribution in [0.15, 0.2) is 35.2 Å². The molecule has 1 aliphatic carbocycles. The fourth-order valence-electron chi connectivity index (χ4n) is 3.71. The molecule has 1 saturated heterocycles. The van der Waals surface area contributed by atoms with Crippen LogP contribution in [-0.4, -0.2) is 42.6 Å². The number of alkyl halides is 1. The molecule has 3 rings (SSSR count). The Labute approximate surface area is 146 Å². The van der Waals surface area contributed by atoms with Crippen molar-refractivity contribution in [2.24, 2.45) is 5.41 Å². The summed E-state index contributed by atoms with van der Waals surface area (Å²) in [6.45, 7) is -0.233. The Morgan fingerprint density at radius 1 is 1.28 bits per heavy atom. The van der Waals surface area contributed by atoms with Crippen LogP contribution >= 0.6 is 0 Å². The number of sulfonamides is 1. The summed E-state index contributed by atoms with van der Waals surface area (Å²) in [5.41, 5.74) is -2.15. The van der Waals surface area contributed by atoms with Crippen LogP contribution in [0.3, 0.4) is 0 Å². The van der Waals surface area contributed by atoms with E-state index in [2.05, 4.69) is 5.92 Å². The summed E-state index contributed by atoms with van der Waals surface area (Å²) in [5.74, 6) is 1.43. The standard InChI is InChI=1S/C18H18FNO4S/c1-2-17-10-3-11-18(17,19)13-20(12-17)25(23,24)15-7-4-14(5-8-15)6-9-16(21)22/h1,4-9H,3,10-13H2,(H,21,22)/b9-6+/t17-,18-/m0/s1. The van der Waals surface area contributed by atoms with E-state index in [1.807, 2.05) is 0 Å². The molecule has 0 unspecified atom stereocenters. The van der Waals surface area contributed by atoms with Crippen LogP contribution in [-0.2, 0) is 14.8 Å². The number of hydrogen-bond acceptors (Lipinski definition) is 3. The van der Waals surface area contributed by atoms with Gasteiger partial charge in [-0.3, -0.25) is 0 Å². The largest absolute Gasteiger partial charge is 0.478 e. The molecule has 1 aromatic carbocycles. The van der Waals surface area contributed by atoms with Gasteiger partial charge in [0.15, 0.2) is 0 Å². The average Bonchev–Trinajstić information content (AvgIpc) is 3.04. The number of aliphatic carboxylic acids is 1. The van der Waals surface area contributed by atoms with E-state index in [-0.39, 0.29) is 24.4 Å². The number of hydrogen-bond donors (Lipinski definition) is 1.